The van der Waals surface area contributed by atoms with E-state index < -0.39 is 17.9 Å². The number of aromatic carboxylic acids is 3. The number of aromatic amines is 4. The Balaban J connectivity index is 0.000000464. The van der Waals surface area contributed by atoms with Gasteiger partial charge in [-0.05, 0) is 78.4 Å². The summed E-state index contributed by atoms with van der Waals surface area (Å²) in [6, 6.07) is 38.0. The van der Waals surface area contributed by atoms with Gasteiger partial charge in [0.2, 0.25) is 10.9 Å². The summed E-state index contributed by atoms with van der Waals surface area (Å²) in [7, 11) is 0. The number of hydrogen-bond donors (Lipinski definition) is 9. The summed E-state index contributed by atoms with van der Waals surface area (Å²) in [6.07, 6.45) is 0. The predicted molar refractivity (Wildman–Crippen MR) is 206 cm³/mol. The van der Waals surface area contributed by atoms with Crippen LogP contribution in [0.3, 0.4) is 0 Å². The third-order valence-corrected chi connectivity index (χ3v) is 7.75. The van der Waals surface area contributed by atoms with Gasteiger partial charge in [0.25, 0.3) is 0 Å². The van der Waals surface area contributed by atoms with Crippen LogP contribution in [0.15, 0.2) is 143 Å². The van der Waals surface area contributed by atoms with Crippen molar-refractivity contribution in [3.8, 4) is 11.5 Å². The third-order valence-electron chi connectivity index (χ3n) is 7.75. The molecule has 14 nitrogen and oxygen atoms in total. The molecular formula is C41H31Cl3MnN4O10-. The Kier molecular flexibility index (Phi) is 20.0. The third kappa shape index (κ3) is 13.1. The Morgan fingerprint density at radius 1 is 0.390 bits per heavy atom. The molecule has 9 N–H and O–H groups in total. The zero-order valence-corrected chi connectivity index (χ0v) is 33.4. The maximum atomic E-state index is 12.7. The molecule has 59 heavy (non-hydrogen) atoms. The fraction of sp³-hybridized carbons (Fsp3) is 0. The summed E-state index contributed by atoms with van der Waals surface area (Å²) in [5, 5.41) is 46.2. The number of nitrogens with one attached hydrogen (secondary N) is 4. The standard InChI is InChI=1S/C20H14N4O4.2C7H6O2.C7H5O2.3ClH.Mn/c25-17-9-1-2-10(21-9)18(26)12-5-6-14(23-12)20(28)16-8-7-15(24-16)19(27)13-4-3-11(17)22-13;3*8-7(9)6-4-2-1-3-5-6;;;;/h1-8,21-26H;2*1-5H,(H,8,9);2-5H,(H,8,9);3*1H;/q;;;-1;;;;+3/p-3. The SMILES string of the molecule is O=C(O)c1cc[c-]cc1.O=C(O)c1ccccc1.O=C(O)c1ccccc1.O=c1c2ccc([nH]2)c(O)c2ccc([nH]2)c(O)c2ccc([nH]2)c(=O)c2ccc1[nH]2.[Cl-].[Cl-].[Cl-].[Mn+3]. The first-order valence-corrected chi connectivity index (χ1v) is 16.2. The zero-order chi connectivity index (χ0) is 39.5. The van der Waals surface area contributed by atoms with Crippen molar-refractivity contribution in [2.24, 2.45) is 0 Å². The molecule has 3 aromatic carbocycles. The first kappa shape index (κ1) is 50.3. The minimum atomic E-state index is -0.899. The van der Waals surface area contributed by atoms with Crippen LogP contribution in [0.1, 0.15) is 31.1 Å². The van der Waals surface area contributed by atoms with Crippen LogP contribution < -0.4 is 48.1 Å². The van der Waals surface area contributed by atoms with E-state index in [1.54, 1.807) is 109 Å². The van der Waals surface area contributed by atoms with Gasteiger partial charge < -0.3 is 82.7 Å². The second kappa shape index (κ2) is 23.5. The number of hydrogen-bond acceptors (Lipinski definition) is 7. The van der Waals surface area contributed by atoms with Crippen molar-refractivity contribution in [2.45, 2.75) is 0 Å². The van der Waals surface area contributed by atoms with Gasteiger partial charge >= 0.3 is 35.0 Å². The van der Waals surface area contributed by atoms with Gasteiger partial charge in [-0.25, -0.2) is 14.4 Å². The first-order valence-electron chi connectivity index (χ1n) is 16.2. The Morgan fingerprint density at radius 3 is 0.881 bits per heavy atom. The Bertz CT molecular complexity index is 2600. The van der Waals surface area contributed by atoms with Crippen LogP contribution in [0, 0.1) is 6.07 Å². The van der Waals surface area contributed by atoms with Gasteiger partial charge in [-0.2, -0.15) is 30.3 Å². The number of carboxylic acids is 3. The number of fused-ring (bicyclic) bond motifs is 8. The molecule has 0 aliphatic carbocycles. The first-order chi connectivity index (χ1) is 26.4. The van der Waals surface area contributed by atoms with E-state index in [2.05, 4.69) is 26.0 Å². The topological polar surface area (TPSA) is 250 Å². The molecule has 18 heteroatoms. The largest absolute Gasteiger partial charge is 3.00 e. The number of carboxylic acid groups (broad SMARTS) is 3. The van der Waals surface area contributed by atoms with Crippen molar-refractivity contribution < 1.29 is 94.2 Å². The van der Waals surface area contributed by atoms with Gasteiger partial charge in [-0.15, -0.1) is 0 Å². The molecule has 304 valence electrons. The molecule has 0 saturated carbocycles. The number of aromatic hydroxyl groups is 2. The molecular weight excluding hydrogens is 870 g/mol. The number of halogens is 3. The van der Waals surface area contributed by atoms with E-state index >= 15 is 0 Å². The molecule has 0 aliphatic rings. The van der Waals surface area contributed by atoms with E-state index in [0.717, 1.165) is 0 Å². The van der Waals surface area contributed by atoms with Crippen molar-refractivity contribution in [3.05, 3.63) is 177 Å². The molecule has 0 fully saturated rings. The number of benzene rings is 3. The Hall–Kier alpha value is -6.74. The molecule has 0 spiro atoms. The minimum Gasteiger partial charge on any atom is -1.00 e. The van der Waals surface area contributed by atoms with Crippen molar-refractivity contribution in [1.29, 1.82) is 0 Å². The van der Waals surface area contributed by atoms with E-state index in [1.807, 2.05) is 0 Å². The summed E-state index contributed by atoms with van der Waals surface area (Å²) < 4.78 is 0. The molecule has 0 atom stereocenters. The minimum absolute atomic E-state index is 0. The maximum Gasteiger partial charge on any atom is 3.00 e. The fourth-order valence-corrected chi connectivity index (χ4v) is 4.93. The smallest absolute Gasteiger partial charge is 1.00 e. The summed E-state index contributed by atoms with van der Waals surface area (Å²) in [5.41, 5.74) is 2.70. The van der Waals surface area contributed by atoms with Crippen LogP contribution in [-0.2, 0) is 17.1 Å². The number of rotatable bonds is 3. The van der Waals surface area contributed by atoms with E-state index in [-0.39, 0.29) is 98.7 Å². The normalized spacial score (nSPS) is 9.49. The fourth-order valence-electron chi connectivity index (χ4n) is 4.93. The Labute approximate surface area is 362 Å². The summed E-state index contributed by atoms with van der Waals surface area (Å²) in [5.74, 6) is -2.85. The van der Waals surface area contributed by atoms with Gasteiger partial charge in [-0.1, -0.05) is 36.4 Å². The average molecular weight is 901 g/mol. The van der Waals surface area contributed by atoms with E-state index in [1.165, 1.54) is 24.3 Å². The summed E-state index contributed by atoms with van der Waals surface area (Å²) in [6.45, 7) is 0. The molecule has 5 heterocycles. The van der Waals surface area contributed by atoms with Crippen molar-refractivity contribution in [1.82, 2.24) is 19.9 Å². The van der Waals surface area contributed by atoms with Crippen LogP contribution in [0.25, 0.3) is 44.1 Å². The van der Waals surface area contributed by atoms with Gasteiger partial charge in [0.1, 0.15) is 0 Å². The van der Waals surface area contributed by atoms with E-state index in [9.17, 15) is 34.2 Å². The van der Waals surface area contributed by atoms with Crippen LogP contribution in [-0.4, -0.2) is 63.4 Å². The second-order valence-corrected chi connectivity index (χ2v) is 11.4. The molecule has 0 radical (unpaired) electrons. The average Bonchev–Trinajstić information content (AvgIpc) is 4.06. The Morgan fingerprint density at radius 2 is 0.627 bits per heavy atom. The molecule has 8 rings (SSSR count). The van der Waals surface area contributed by atoms with Gasteiger partial charge in [0, 0.05) is 0 Å². The van der Waals surface area contributed by atoms with Gasteiger partial charge in [0.15, 0.2) is 11.5 Å². The van der Waals surface area contributed by atoms with Crippen molar-refractivity contribution in [2.75, 3.05) is 0 Å². The van der Waals surface area contributed by atoms with Crippen LogP contribution in [0.2, 0.25) is 0 Å². The van der Waals surface area contributed by atoms with Crippen LogP contribution in [0.4, 0.5) is 0 Å². The van der Waals surface area contributed by atoms with Crippen molar-refractivity contribution in [3.63, 3.8) is 0 Å². The second-order valence-electron chi connectivity index (χ2n) is 11.4. The van der Waals surface area contributed by atoms with Gasteiger partial charge in [0.05, 0.1) is 55.3 Å². The molecule has 0 aliphatic heterocycles. The molecule has 8 bridgehead atoms. The van der Waals surface area contributed by atoms with Crippen LogP contribution >= 0.6 is 0 Å². The summed E-state index contributed by atoms with van der Waals surface area (Å²) in [4.78, 5) is 67.5. The maximum absolute atomic E-state index is 12.7. The molecule has 5 aromatic heterocycles. The van der Waals surface area contributed by atoms with E-state index in [4.69, 9.17) is 15.3 Å². The number of H-pyrrole nitrogens is 4. The van der Waals surface area contributed by atoms with Gasteiger partial charge in [-0.3, -0.25) is 9.59 Å². The monoisotopic (exact) mass is 899 g/mol. The van der Waals surface area contributed by atoms with Crippen LogP contribution in [0.5, 0.6) is 11.5 Å². The molecule has 0 saturated heterocycles. The molecule has 8 aromatic rings. The number of carbonyl (C=O) groups is 3. The molecule has 0 amide bonds. The summed E-state index contributed by atoms with van der Waals surface area (Å²) >= 11 is 0. The van der Waals surface area contributed by atoms with E-state index in [0.29, 0.717) is 38.8 Å². The number of aromatic nitrogens is 4. The predicted octanol–water partition coefficient (Wildman–Crippen LogP) is -2.17. The zero-order valence-electron chi connectivity index (χ0n) is 30.0. The molecule has 0 unspecified atom stereocenters. The van der Waals surface area contributed by atoms with Crippen molar-refractivity contribution >= 4 is 62.0 Å². The quantitative estimate of drug-likeness (QED) is 0.0686.